The number of benzene rings is 5. The van der Waals surface area contributed by atoms with Crippen LogP contribution in [0.3, 0.4) is 0 Å². The first kappa shape index (κ1) is 23.0. The van der Waals surface area contributed by atoms with Crippen LogP contribution in [-0.2, 0) is 18.3 Å². The highest BCUT2D eigenvalue weighted by Crippen LogP contribution is 2.48. The molecule has 0 amide bonds. The molecule has 0 N–H and O–H groups in total. The molecule has 5 aromatic carbocycles. The van der Waals surface area contributed by atoms with Gasteiger partial charge in [0, 0.05) is 0 Å². The lowest BCUT2D eigenvalue weighted by molar-refractivity contribution is 0.264. The van der Waals surface area contributed by atoms with Gasteiger partial charge in [0.15, 0.2) is 0 Å². The highest BCUT2D eigenvalue weighted by molar-refractivity contribution is 6.08. The summed E-state index contributed by atoms with van der Waals surface area (Å²) in [6, 6.07) is 36.6. The largest absolute Gasteiger partial charge is 0.0616 e. The highest BCUT2D eigenvalue weighted by atomic mass is 14.4. The van der Waals surface area contributed by atoms with Gasteiger partial charge in [-0.1, -0.05) is 132 Å². The fraction of sp³-hybridized carbons (Fsp3) is 0.278. The molecule has 180 valence electrons. The van der Waals surface area contributed by atoms with Crippen LogP contribution in [0.1, 0.15) is 62.8 Å². The molecule has 0 radical (unpaired) electrons. The van der Waals surface area contributed by atoms with E-state index < -0.39 is 0 Å². The van der Waals surface area contributed by atoms with Crippen LogP contribution >= 0.6 is 0 Å². The van der Waals surface area contributed by atoms with Crippen molar-refractivity contribution in [2.75, 3.05) is 0 Å². The maximum Gasteiger partial charge on any atom is -0.00667 e. The molecular formula is C36H36. The summed E-state index contributed by atoms with van der Waals surface area (Å²) in [5.41, 5.74) is 8.89. The summed E-state index contributed by atoms with van der Waals surface area (Å²) in [5, 5.41) is 5.51. The van der Waals surface area contributed by atoms with Gasteiger partial charge in [-0.05, 0) is 84.5 Å². The first-order valence-corrected chi connectivity index (χ1v) is 13.3. The van der Waals surface area contributed by atoms with E-state index in [9.17, 15) is 0 Å². The zero-order chi connectivity index (χ0) is 25.1. The SMILES string of the molecule is CC(C)(C)c1ccc(-c2cccc(C3Cc4ccc5c(ccc6ccccc65)c4CC3(C)C)c2)cc1. The Morgan fingerprint density at radius 3 is 2.19 bits per heavy atom. The van der Waals surface area contributed by atoms with Crippen molar-refractivity contribution in [1.82, 2.24) is 0 Å². The van der Waals surface area contributed by atoms with Crippen LogP contribution < -0.4 is 0 Å². The van der Waals surface area contributed by atoms with Crippen molar-refractivity contribution in [2.45, 2.75) is 58.8 Å². The van der Waals surface area contributed by atoms with Crippen molar-refractivity contribution in [3.63, 3.8) is 0 Å². The van der Waals surface area contributed by atoms with Gasteiger partial charge < -0.3 is 0 Å². The van der Waals surface area contributed by atoms with Crippen LogP contribution in [0.15, 0.2) is 97.1 Å². The van der Waals surface area contributed by atoms with Gasteiger partial charge >= 0.3 is 0 Å². The minimum atomic E-state index is 0.177. The third-order valence-electron chi connectivity index (χ3n) is 8.51. The predicted octanol–water partition coefficient (Wildman–Crippen LogP) is 9.87. The summed E-state index contributed by atoms with van der Waals surface area (Å²) in [7, 11) is 0. The number of hydrogen-bond acceptors (Lipinski definition) is 0. The van der Waals surface area contributed by atoms with E-state index in [-0.39, 0.29) is 10.8 Å². The van der Waals surface area contributed by atoms with Crippen LogP contribution in [0.5, 0.6) is 0 Å². The molecule has 0 bridgehead atoms. The molecule has 0 aliphatic heterocycles. The zero-order valence-corrected chi connectivity index (χ0v) is 22.2. The Labute approximate surface area is 216 Å². The third-order valence-corrected chi connectivity index (χ3v) is 8.51. The van der Waals surface area contributed by atoms with Crippen LogP contribution in [0.25, 0.3) is 32.7 Å². The smallest absolute Gasteiger partial charge is 0.00667 e. The summed E-state index contributed by atoms with van der Waals surface area (Å²) in [6.45, 7) is 11.8. The molecule has 0 saturated heterocycles. The van der Waals surface area contributed by atoms with Gasteiger partial charge in [-0.25, -0.2) is 0 Å². The normalized spacial score (nSPS) is 17.3. The monoisotopic (exact) mass is 468 g/mol. The standard InChI is InChI=1S/C36H36/c1-35(2,3)29-17-13-24(14-18-29)26-10-8-11-28(21-26)34-22-27-16-20-31-30-12-7-6-9-25(30)15-19-32(31)33(27)23-36(34,4)5/h6-21,34H,22-23H2,1-5H3. The Bertz CT molecular complexity index is 1580. The zero-order valence-electron chi connectivity index (χ0n) is 22.2. The molecule has 36 heavy (non-hydrogen) atoms. The van der Waals surface area contributed by atoms with Gasteiger partial charge in [0.25, 0.3) is 0 Å². The maximum absolute atomic E-state index is 2.46. The summed E-state index contributed by atoms with van der Waals surface area (Å²) in [5.74, 6) is 0.497. The van der Waals surface area contributed by atoms with Crippen molar-refractivity contribution in [1.29, 1.82) is 0 Å². The van der Waals surface area contributed by atoms with Crippen molar-refractivity contribution in [3.8, 4) is 11.1 Å². The van der Waals surface area contributed by atoms with E-state index in [1.807, 2.05) is 0 Å². The van der Waals surface area contributed by atoms with E-state index >= 15 is 0 Å². The number of hydrogen-bond donors (Lipinski definition) is 0. The predicted molar refractivity (Wildman–Crippen MR) is 156 cm³/mol. The number of fused-ring (bicyclic) bond motifs is 5. The average molecular weight is 469 g/mol. The lowest BCUT2D eigenvalue weighted by atomic mass is 9.63. The van der Waals surface area contributed by atoms with Crippen LogP contribution in [0.4, 0.5) is 0 Å². The Morgan fingerprint density at radius 2 is 1.42 bits per heavy atom. The molecule has 0 heterocycles. The minimum absolute atomic E-state index is 0.177. The molecule has 0 saturated carbocycles. The van der Waals surface area contributed by atoms with Crippen molar-refractivity contribution >= 4 is 21.5 Å². The van der Waals surface area contributed by atoms with E-state index in [1.54, 1.807) is 5.56 Å². The summed E-state index contributed by atoms with van der Waals surface area (Å²) < 4.78 is 0. The van der Waals surface area contributed by atoms with Gasteiger partial charge in [-0.3, -0.25) is 0 Å². The molecule has 1 atom stereocenters. The van der Waals surface area contributed by atoms with Crippen LogP contribution in [-0.4, -0.2) is 0 Å². The molecule has 0 aromatic heterocycles. The molecule has 5 aromatic rings. The first-order valence-electron chi connectivity index (χ1n) is 13.3. The van der Waals surface area contributed by atoms with Gasteiger partial charge in [0.1, 0.15) is 0 Å². The summed E-state index contributed by atoms with van der Waals surface area (Å²) in [6.07, 6.45) is 2.20. The molecule has 6 rings (SSSR count). The van der Waals surface area contributed by atoms with Gasteiger partial charge in [-0.2, -0.15) is 0 Å². The van der Waals surface area contributed by atoms with Crippen molar-refractivity contribution in [2.24, 2.45) is 5.41 Å². The molecule has 1 aliphatic rings. The second kappa shape index (κ2) is 8.34. The quantitative estimate of drug-likeness (QED) is 0.226. The first-order chi connectivity index (χ1) is 17.2. The van der Waals surface area contributed by atoms with Crippen LogP contribution in [0.2, 0.25) is 0 Å². The fourth-order valence-electron chi connectivity index (χ4n) is 6.34. The molecule has 0 heteroatoms. The molecular weight excluding hydrogens is 432 g/mol. The Hall–Kier alpha value is -3.38. The van der Waals surface area contributed by atoms with Crippen molar-refractivity contribution in [3.05, 3.63) is 119 Å². The summed E-state index contributed by atoms with van der Waals surface area (Å²) >= 11 is 0. The van der Waals surface area contributed by atoms with Crippen LogP contribution in [0, 0.1) is 5.41 Å². The minimum Gasteiger partial charge on any atom is -0.0616 e. The molecule has 0 fully saturated rings. The Kier molecular flexibility index (Phi) is 5.34. The highest BCUT2D eigenvalue weighted by Gasteiger charge is 2.36. The molecule has 0 nitrogen and oxygen atoms in total. The van der Waals surface area contributed by atoms with Gasteiger partial charge in [0.2, 0.25) is 0 Å². The third kappa shape index (κ3) is 3.94. The maximum atomic E-state index is 2.46. The van der Waals surface area contributed by atoms with Gasteiger partial charge in [0.05, 0.1) is 0 Å². The number of rotatable bonds is 2. The summed E-state index contributed by atoms with van der Waals surface area (Å²) in [4.78, 5) is 0. The molecule has 1 unspecified atom stereocenters. The van der Waals surface area contributed by atoms with E-state index in [4.69, 9.17) is 0 Å². The van der Waals surface area contributed by atoms with E-state index in [1.165, 1.54) is 49.4 Å². The Morgan fingerprint density at radius 1 is 0.667 bits per heavy atom. The lowest BCUT2D eigenvalue weighted by Gasteiger charge is -2.41. The van der Waals surface area contributed by atoms with E-state index in [0.29, 0.717) is 5.92 Å². The van der Waals surface area contributed by atoms with E-state index in [0.717, 1.165) is 12.8 Å². The molecule has 1 aliphatic carbocycles. The fourth-order valence-corrected chi connectivity index (χ4v) is 6.34. The van der Waals surface area contributed by atoms with Gasteiger partial charge in [-0.15, -0.1) is 0 Å². The topological polar surface area (TPSA) is 0 Å². The Balaban J connectivity index is 1.38. The van der Waals surface area contributed by atoms with Crippen molar-refractivity contribution < 1.29 is 0 Å². The molecule has 0 spiro atoms. The van der Waals surface area contributed by atoms with E-state index in [2.05, 4.69) is 132 Å². The second-order valence-corrected chi connectivity index (χ2v) is 12.5. The second-order valence-electron chi connectivity index (χ2n) is 12.5. The lowest BCUT2D eigenvalue weighted by Crippen LogP contribution is -2.31. The average Bonchev–Trinajstić information content (AvgIpc) is 2.87.